The third kappa shape index (κ3) is 2.41. The van der Waals surface area contributed by atoms with E-state index in [0.29, 0.717) is 6.54 Å². The van der Waals surface area contributed by atoms with Crippen molar-refractivity contribution in [3.05, 3.63) is 35.4 Å². The van der Waals surface area contributed by atoms with E-state index in [0.717, 1.165) is 21.9 Å². The molecule has 0 spiro atoms. The van der Waals surface area contributed by atoms with Crippen molar-refractivity contribution >= 4 is 16.1 Å². The highest BCUT2D eigenvalue weighted by Crippen LogP contribution is 2.36. The van der Waals surface area contributed by atoms with Gasteiger partial charge in [0.1, 0.15) is 0 Å². The molecule has 5 nitrogen and oxygen atoms in total. The molecule has 2 aliphatic heterocycles. The van der Waals surface area contributed by atoms with Gasteiger partial charge >= 0.3 is 6.03 Å². The largest absolute Gasteiger partial charge is 0.334 e. The zero-order chi connectivity index (χ0) is 15.2. The molecule has 3 rings (SSSR count). The molecule has 1 saturated heterocycles. The first kappa shape index (κ1) is 14.4. The van der Waals surface area contributed by atoms with Gasteiger partial charge in [0.2, 0.25) is 10.0 Å². The second-order valence-electron chi connectivity index (χ2n) is 6.14. The van der Waals surface area contributed by atoms with Crippen LogP contribution < -0.4 is 0 Å². The lowest BCUT2D eigenvalue weighted by Gasteiger charge is -2.44. The Labute approximate surface area is 125 Å². The van der Waals surface area contributed by atoms with Crippen LogP contribution in [0.3, 0.4) is 0 Å². The Bertz CT molecular complexity index is 669. The second-order valence-corrected chi connectivity index (χ2v) is 8.08. The molecule has 1 atom stereocenters. The predicted octanol–water partition coefficient (Wildman–Crippen LogP) is 2.01. The highest BCUT2D eigenvalue weighted by molar-refractivity contribution is 7.89. The summed E-state index contributed by atoms with van der Waals surface area (Å²) in [5.41, 5.74) is 2.13. The summed E-state index contributed by atoms with van der Waals surface area (Å²) in [5.74, 6) is 0.111. The van der Waals surface area contributed by atoms with Crippen LogP contribution in [0, 0.1) is 5.92 Å². The fourth-order valence-electron chi connectivity index (χ4n) is 3.14. The van der Waals surface area contributed by atoms with Crippen LogP contribution in [0.2, 0.25) is 0 Å². The van der Waals surface area contributed by atoms with E-state index in [-0.39, 0.29) is 30.3 Å². The summed E-state index contributed by atoms with van der Waals surface area (Å²) in [6.07, 6.45) is 0.786. The zero-order valence-electron chi connectivity index (χ0n) is 12.3. The van der Waals surface area contributed by atoms with E-state index in [9.17, 15) is 13.2 Å². The Hall–Kier alpha value is -1.56. The van der Waals surface area contributed by atoms with Crippen LogP contribution in [0.25, 0.3) is 0 Å². The topological polar surface area (TPSA) is 57.7 Å². The first-order valence-electron chi connectivity index (χ1n) is 7.29. The summed E-state index contributed by atoms with van der Waals surface area (Å²) in [4.78, 5) is 14.3. The van der Waals surface area contributed by atoms with Crippen molar-refractivity contribution in [1.82, 2.24) is 9.21 Å². The SMILES string of the molecule is CC(C)CN1C(=O)N2CCc3ccccc3C2CS1(=O)=O. The van der Waals surface area contributed by atoms with Crippen LogP contribution in [-0.4, -0.2) is 42.5 Å². The Balaban J connectivity index is 1.99. The van der Waals surface area contributed by atoms with E-state index in [2.05, 4.69) is 0 Å². The lowest BCUT2D eigenvalue weighted by Crippen LogP contribution is -2.57. The fourth-order valence-corrected chi connectivity index (χ4v) is 4.94. The zero-order valence-corrected chi connectivity index (χ0v) is 13.1. The Kier molecular flexibility index (Phi) is 3.43. The Morgan fingerprint density at radius 1 is 1.29 bits per heavy atom. The van der Waals surface area contributed by atoms with Gasteiger partial charge in [0.25, 0.3) is 0 Å². The van der Waals surface area contributed by atoms with Crippen molar-refractivity contribution in [3.63, 3.8) is 0 Å². The van der Waals surface area contributed by atoms with Crippen molar-refractivity contribution in [2.75, 3.05) is 18.8 Å². The maximum absolute atomic E-state index is 12.6. The number of rotatable bonds is 2. The van der Waals surface area contributed by atoms with Crippen molar-refractivity contribution < 1.29 is 13.2 Å². The average molecular weight is 308 g/mol. The number of urea groups is 1. The van der Waals surface area contributed by atoms with Crippen molar-refractivity contribution in [1.29, 1.82) is 0 Å². The van der Waals surface area contributed by atoms with Gasteiger partial charge in [0, 0.05) is 13.1 Å². The Morgan fingerprint density at radius 3 is 2.71 bits per heavy atom. The number of carbonyl (C=O) groups is 1. The van der Waals surface area contributed by atoms with Crippen LogP contribution in [0.4, 0.5) is 4.79 Å². The molecular weight excluding hydrogens is 288 g/mol. The van der Waals surface area contributed by atoms with Gasteiger partial charge in [0.15, 0.2) is 0 Å². The lowest BCUT2D eigenvalue weighted by molar-refractivity contribution is 0.144. The third-order valence-corrected chi connectivity index (χ3v) is 5.82. The molecule has 1 unspecified atom stereocenters. The van der Waals surface area contributed by atoms with Gasteiger partial charge in [-0.05, 0) is 23.5 Å². The van der Waals surface area contributed by atoms with Crippen LogP contribution >= 0.6 is 0 Å². The monoisotopic (exact) mass is 308 g/mol. The number of hydrogen-bond donors (Lipinski definition) is 0. The van der Waals surface area contributed by atoms with E-state index in [1.54, 1.807) is 4.90 Å². The molecule has 1 aromatic rings. The van der Waals surface area contributed by atoms with Crippen LogP contribution in [0.1, 0.15) is 31.0 Å². The summed E-state index contributed by atoms with van der Waals surface area (Å²) in [5, 5.41) is 0. The molecule has 2 heterocycles. The summed E-state index contributed by atoms with van der Waals surface area (Å²) in [6, 6.07) is 7.11. The van der Waals surface area contributed by atoms with Gasteiger partial charge < -0.3 is 4.90 Å². The highest BCUT2D eigenvalue weighted by Gasteiger charge is 2.45. The molecule has 0 radical (unpaired) electrons. The predicted molar refractivity (Wildman–Crippen MR) is 80.3 cm³/mol. The Morgan fingerprint density at radius 2 is 2.00 bits per heavy atom. The van der Waals surface area contributed by atoms with E-state index in [1.807, 2.05) is 38.1 Å². The summed E-state index contributed by atoms with van der Waals surface area (Å²) in [6.45, 7) is 4.68. The highest BCUT2D eigenvalue weighted by atomic mass is 32.2. The normalized spacial score (nSPS) is 24.0. The lowest BCUT2D eigenvalue weighted by atomic mass is 9.94. The quantitative estimate of drug-likeness (QED) is 0.840. The number of carbonyl (C=O) groups excluding carboxylic acids is 1. The first-order chi connectivity index (χ1) is 9.90. The van der Waals surface area contributed by atoms with E-state index in [1.165, 1.54) is 0 Å². The van der Waals surface area contributed by atoms with E-state index in [4.69, 9.17) is 0 Å². The van der Waals surface area contributed by atoms with Crippen molar-refractivity contribution in [2.45, 2.75) is 26.3 Å². The second kappa shape index (κ2) is 5.02. The molecule has 2 amide bonds. The van der Waals surface area contributed by atoms with Crippen LogP contribution in [0.15, 0.2) is 24.3 Å². The van der Waals surface area contributed by atoms with Crippen molar-refractivity contribution in [2.24, 2.45) is 5.92 Å². The van der Waals surface area contributed by atoms with Crippen LogP contribution in [-0.2, 0) is 16.4 Å². The third-order valence-electron chi connectivity index (χ3n) is 4.11. The molecule has 1 fully saturated rings. The van der Waals surface area contributed by atoms with Gasteiger partial charge in [-0.1, -0.05) is 38.1 Å². The summed E-state index contributed by atoms with van der Waals surface area (Å²) >= 11 is 0. The van der Waals surface area contributed by atoms with Gasteiger partial charge in [0.05, 0.1) is 11.8 Å². The molecule has 0 N–H and O–H groups in total. The van der Waals surface area contributed by atoms with Gasteiger partial charge in [-0.25, -0.2) is 17.5 Å². The smallest absolute Gasteiger partial charge is 0.315 e. The number of amides is 2. The van der Waals surface area contributed by atoms with E-state index >= 15 is 0 Å². The maximum atomic E-state index is 12.6. The molecule has 0 saturated carbocycles. The maximum Gasteiger partial charge on any atom is 0.334 e. The average Bonchev–Trinajstić information content (AvgIpc) is 2.43. The van der Waals surface area contributed by atoms with Gasteiger partial charge in [-0.2, -0.15) is 0 Å². The number of fused-ring (bicyclic) bond motifs is 3. The van der Waals surface area contributed by atoms with Crippen molar-refractivity contribution in [3.8, 4) is 0 Å². The number of sulfonamides is 1. The standard InChI is InChI=1S/C15H20N2O3S/c1-11(2)9-17-15(18)16-8-7-12-5-3-4-6-13(12)14(16)10-21(17,19)20/h3-6,11,14H,7-10H2,1-2H3. The minimum Gasteiger partial charge on any atom is -0.315 e. The molecule has 6 heteroatoms. The summed E-state index contributed by atoms with van der Waals surface area (Å²) in [7, 11) is -3.54. The minimum absolute atomic E-state index is 0.0114. The minimum atomic E-state index is -3.54. The molecule has 0 bridgehead atoms. The first-order valence-corrected chi connectivity index (χ1v) is 8.90. The van der Waals surface area contributed by atoms with Crippen LogP contribution in [0.5, 0.6) is 0 Å². The number of hydrogen-bond acceptors (Lipinski definition) is 3. The van der Waals surface area contributed by atoms with Gasteiger partial charge in [-0.3, -0.25) is 0 Å². The molecule has 0 aliphatic carbocycles. The fraction of sp³-hybridized carbons (Fsp3) is 0.533. The number of nitrogens with zero attached hydrogens (tertiary/aromatic N) is 2. The molecule has 114 valence electrons. The molecular formula is C15H20N2O3S. The molecule has 2 aliphatic rings. The summed E-state index contributed by atoms with van der Waals surface area (Å²) < 4.78 is 26.0. The molecule has 1 aromatic carbocycles. The molecule has 21 heavy (non-hydrogen) atoms. The number of benzene rings is 1. The van der Waals surface area contributed by atoms with Gasteiger partial charge in [-0.15, -0.1) is 0 Å². The molecule has 0 aromatic heterocycles. The van der Waals surface area contributed by atoms with E-state index < -0.39 is 10.0 Å².